The highest BCUT2D eigenvalue weighted by molar-refractivity contribution is 5.77. The summed E-state index contributed by atoms with van der Waals surface area (Å²) in [6.07, 6.45) is 1.74. The van der Waals surface area contributed by atoms with E-state index in [1.54, 1.807) is 0 Å². The molecule has 0 spiro atoms. The lowest BCUT2D eigenvalue weighted by atomic mass is 9.81. The van der Waals surface area contributed by atoms with Crippen LogP contribution < -0.4 is 5.32 Å². The van der Waals surface area contributed by atoms with Crippen LogP contribution in [-0.2, 0) is 15.1 Å². The van der Waals surface area contributed by atoms with Gasteiger partial charge in [0.25, 0.3) is 0 Å². The minimum atomic E-state index is -0.231. The summed E-state index contributed by atoms with van der Waals surface area (Å²) in [4.78, 5) is 11.0. The summed E-state index contributed by atoms with van der Waals surface area (Å²) < 4.78 is 5.11. The number of benzene rings is 2. The average Bonchev–Trinajstić information content (AvgIpc) is 2.81. The van der Waals surface area contributed by atoms with Crippen molar-refractivity contribution in [3.05, 3.63) is 72.3 Å². The number of para-hydroxylation sites is 1. The van der Waals surface area contributed by atoms with Crippen LogP contribution in [0.15, 0.2) is 61.2 Å². The smallest absolute Gasteiger partial charge is 0.302 e. The van der Waals surface area contributed by atoms with Gasteiger partial charge in [-0.1, -0.05) is 49.0 Å². The molecular formula is C22H25NO2. The van der Waals surface area contributed by atoms with Crippen molar-refractivity contribution in [2.45, 2.75) is 32.2 Å². The molecule has 0 radical (unpaired) electrons. The van der Waals surface area contributed by atoms with Crippen LogP contribution in [0.4, 0.5) is 5.69 Å². The van der Waals surface area contributed by atoms with E-state index in [1.807, 2.05) is 18.2 Å². The Labute approximate surface area is 149 Å². The molecule has 0 saturated heterocycles. The van der Waals surface area contributed by atoms with Crippen LogP contribution in [0.3, 0.4) is 0 Å². The van der Waals surface area contributed by atoms with Crippen LogP contribution in [0.25, 0.3) is 5.57 Å². The molecule has 3 heteroatoms. The van der Waals surface area contributed by atoms with Crippen LogP contribution >= 0.6 is 0 Å². The van der Waals surface area contributed by atoms with Gasteiger partial charge in [-0.15, -0.1) is 0 Å². The summed E-state index contributed by atoms with van der Waals surface area (Å²) in [6, 6.07) is 18.7. The fourth-order valence-electron chi connectivity index (χ4n) is 3.88. The lowest BCUT2D eigenvalue weighted by Gasteiger charge is -2.35. The molecule has 130 valence electrons. The third-order valence-corrected chi connectivity index (χ3v) is 5.07. The average molecular weight is 335 g/mol. The zero-order chi connectivity index (χ0) is 17.9. The maximum atomic E-state index is 11.0. The van der Waals surface area contributed by atoms with Gasteiger partial charge in [0, 0.05) is 18.5 Å². The van der Waals surface area contributed by atoms with Crippen LogP contribution in [0.2, 0.25) is 0 Å². The highest BCUT2D eigenvalue weighted by atomic mass is 16.5. The predicted octanol–water partition coefficient (Wildman–Crippen LogP) is 5.00. The lowest BCUT2D eigenvalue weighted by molar-refractivity contribution is -0.141. The Hall–Kier alpha value is -2.55. The first-order valence-corrected chi connectivity index (χ1v) is 8.77. The second kappa shape index (κ2) is 7.14. The highest BCUT2D eigenvalue weighted by Gasteiger charge is 2.44. The van der Waals surface area contributed by atoms with Gasteiger partial charge in [-0.25, -0.2) is 0 Å². The molecule has 0 heterocycles. The Balaban J connectivity index is 1.87. The topological polar surface area (TPSA) is 38.3 Å². The fourth-order valence-corrected chi connectivity index (χ4v) is 3.88. The summed E-state index contributed by atoms with van der Waals surface area (Å²) in [5.41, 5.74) is 4.53. The van der Waals surface area contributed by atoms with Crippen LogP contribution in [0, 0.1) is 5.92 Å². The van der Waals surface area contributed by atoms with E-state index in [1.165, 1.54) is 18.1 Å². The van der Waals surface area contributed by atoms with Gasteiger partial charge in [0.1, 0.15) is 0 Å². The van der Waals surface area contributed by atoms with Crippen molar-refractivity contribution in [1.82, 2.24) is 0 Å². The van der Waals surface area contributed by atoms with Crippen molar-refractivity contribution in [3.63, 3.8) is 0 Å². The van der Waals surface area contributed by atoms with Crippen molar-refractivity contribution in [3.8, 4) is 0 Å². The maximum absolute atomic E-state index is 11.0. The molecule has 2 aromatic rings. The molecule has 3 nitrogen and oxygen atoms in total. The van der Waals surface area contributed by atoms with Gasteiger partial charge in [0.05, 0.1) is 12.1 Å². The standard InChI is InChI=1S/C22H25NO2/c1-16-19-12-7-8-13-21(19)22(3,23-18-10-5-4-6-11-18)20(16)14-9-15-25-17(2)24/h4-8,10-13,20,23H,1,9,14-15H2,2-3H3/t20-,22-/m0/s1. The Bertz CT molecular complexity index is 769. The molecule has 0 fully saturated rings. The molecule has 3 rings (SSSR count). The number of hydrogen-bond acceptors (Lipinski definition) is 3. The van der Waals surface area contributed by atoms with Crippen molar-refractivity contribution >= 4 is 17.2 Å². The molecule has 0 saturated carbocycles. The van der Waals surface area contributed by atoms with E-state index in [4.69, 9.17) is 4.74 Å². The van der Waals surface area contributed by atoms with Crippen LogP contribution in [0.5, 0.6) is 0 Å². The molecule has 0 bridgehead atoms. The summed E-state index contributed by atoms with van der Waals surface area (Å²) >= 11 is 0. The number of rotatable bonds is 6. The zero-order valence-electron chi connectivity index (χ0n) is 14.9. The van der Waals surface area contributed by atoms with Crippen LogP contribution in [-0.4, -0.2) is 12.6 Å². The largest absolute Gasteiger partial charge is 0.466 e. The Kier molecular flexibility index (Phi) is 4.93. The third-order valence-electron chi connectivity index (χ3n) is 5.07. The Morgan fingerprint density at radius 1 is 1.16 bits per heavy atom. The molecule has 0 aromatic heterocycles. The van der Waals surface area contributed by atoms with E-state index in [2.05, 4.69) is 55.2 Å². The number of carbonyl (C=O) groups excluding carboxylic acids is 1. The molecule has 25 heavy (non-hydrogen) atoms. The van der Waals surface area contributed by atoms with E-state index >= 15 is 0 Å². The molecule has 0 aliphatic heterocycles. The molecule has 2 atom stereocenters. The zero-order valence-corrected chi connectivity index (χ0v) is 14.9. The summed E-state index contributed by atoms with van der Waals surface area (Å²) in [7, 11) is 0. The summed E-state index contributed by atoms with van der Waals surface area (Å²) in [5.74, 6) is 0.0272. The number of nitrogens with one attached hydrogen (secondary N) is 1. The molecule has 0 unspecified atom stereocenters. The molecular weight excluding hydrogens is 310 g/mol. The summed E-state index contributed by atoms with van der Waals surface area (Å²) in [5, 5.41) is 3.74. The summed E-state index contributed by atoms with van der Waals surface area (Å²) in [6.45, 7) is 8.53. The minimum absolute atomic E-state index is 0.223. The maximum Gasteiger partial charge on any atom is 0.302 e. The van der Waals surface area contributed by atoms with E-state index < -0.39 is 0 Å². The van der Waals surface area contributed by atoms with E-state index in [-0.39, 0.29) is 17.4 Å². The Morgan fingerprint density at radius 3 is 2.56 bits per heavy atom. The molecule has 1 aliphatic rings. The van der Waals surface area contributed by atoms with Crippen molar-refractivity contribution in [1.29, 1.82) is 0 Å². The number of anilines is 1. The molecule has 0 amide bonds. The quantitative estimate of drug-likeness (QED) is 0.596. The molecule has 1 aliphatic carbocycles. The van der Waals surface area contributed by atoms with Crippen molar-refractivity contribution in [2.75, 3.05) is 11.9 Å². The van der Waals surface area contributed by atoms with Gasteiger partial charge in [-0.2, -0.15) is 0 Å². The van der Waals surface area contributed by atoms with Crippen molar-refractivity contribution in [2.24, 2.45) is 5.92 Å². The second-order valence-electron chi connectivity index (χ2n) is 6.80. The SMILES string of the molecule is C=C1c2ccccc2[C@@](C)(Nc2ccccc2)[C@H]1CCCOC(C)=O. The van der Waals surface area contributed by atoms with Gasteiger partial charge in [0.15, 0.2) is 0 Å². The lowest BCUT2D eigenvalue weighted by Crippen LogP contribution is -2.36. The fraction of sp³-hybridized carbons (Fsp3) is 0.318. The number of hydrogen-bond donors (Lipinski definition) is 1. The first-order chi connectivity index (χ1) is 12.0. The number of esters is 1. The third kappa shape index (κ3) is 3.46. The number of carbonyl (C=O) groups is 1. The van der Waals surface area contributed by atoms with Gasteiger partial charge >= 0.3 is 5.97 Å². The second-order valence-corrected chi connectivity index (χ2v) is 6.80. The molecule has 2 aromatic carbocycles. The molecule has 1 N–H and O–H groups in total. The Morgan fingerprint density at radius 2 is 1.84 bits per heavy atom. The first-order valence-electron chi connectivity index (χ1n) is 8.77. The normalized spacial score (nSPS) is 21.7. The number of fused-ring (bicyclic) bond motifs is 1. The van der Waals surface area contributed by atoms with Gasteiger partial charge in [-0.3, -0.25) is 4.79 Å². The highest BCUT2D eigenvalue weighted by Crippen LogP contribution is 2.51. The van der Waals surface area contributed by atoms with E-state index in [0.29, 0.717) is 6.61 Å². The number of ether oxygens (including phenoxy) is 1. The van der Waals surface area contributed by atoms with Gasteiger partial charge in [-0.05, 0) is 48.6 Å². The van der Waals surface area contributed by atoms with E-state index in [9.17, 15) is 4.79 Å². The minimum Gasteiger partial charge on any atom is -0.466 e. The van der Waals surface area contributed by atoms with Crippen molar-refractivity contribution < 1.29 is 9.53 Å². The van der Waals surface area contributed by atoms with Crippen LogP contribution in [0.1, 0.15) is 37.8 Å². The van der Waals surface area contributed by atoms with Gasteiger partial charge < -0.3 is 10.1 Å². The first kappa shape index (κ1) is 17.3. The predicted molar refractivity (Wildman–Crippen MR) is 102 cm³/mol. The van der Waals surface area contributed by atoms with Gasteiger partial charge in [0.2, 0.25) is 0 Å². The van der Waals surface area contributed by atoms with E-state index in [0.717, 1.165) is 24.1 Å². The monoisotopic (exact) mass is 335 g/mol.